The summed E-state index contributed by atoms with van der Waals surface area (Å²) in [7, 11) is 0. The first-order valence-corrected chi connectivity index (χ1v) is 10.3. The Morgan fingerprint density at radius 3 is 1.23 bits per heavy atom. The van der Waals surface area contributed by atoms with E-state index in [-0.39, 0.29) is 0 Å². The minimum Gasteiger partial charge on any atom is -0.329 e. The Balaban J connectivity index is 3.44. The van der Waals surface area contributed by atoms with Crippen molar-refractivity contribution in [2.45, 2.75) is 104 Å². The van der Waals surface area contributed by atoms with Crippen LogP contribution in [0.1, 0.15) is 104 Å². The van der Waals surface area contributed by atoms with Crippen molar-refractivity contribution in [1.29, 1.82) is 0 Å². The Morgan fingerprint density at radius 2 is 0.864 bits per heavy atom. The van der Waals surface area contributed by atoms with E-state index in [1.54, 1.807) is 0 Å². The van der Waals surface area contributed by atoms with Crippen molar-refractivity contribution < 1.29 is 0 Å². The molecule has 0 aromatic carbocycles. The normalized spacial score (nSPS) is 11.5. The quantitative estimate of drug-likeness (QED) is 0.327. The molecule has 134 valence electrons. The topological polar surface area (TPSA) is 29.3 Å². The van der Waals surface area contributed by atoms with Crippen LogP contribution in [0.25, 0.3) is 0 Å². The molecule has 0 aliphatic heterocycles. The lowest BCUT2D eigenvalue weighted by molar-refractivity contribution is 0.267. The number of unbranched alkanes of at least 4 members (excludes halogenated alkanes) is 12. The van der Waals surface area contributed by atoms with Crippen LogP contribution in [-0.2, 0) is 0 Å². The number of hydrogen-bond acceptors (Lipinski definition) is 2. The summed E-state index contributed by atoms with van der Waals surface area (Å²) in [6.45, 7) is 9.00. The molecule has 0 aromatic rings. The average Bonchev–Trinajstić information content (AvgIpc) is 2.53. The third kappa shape index (κ3) is 16.3. The molecule has 0 atom stereocenters. The SMILES string of the molecule is CCCCCCCCCN(CCN)CCCCCCCCC. The van der Waals surface area contributed by atoms with Crippen molar-refractivity contribution in [2.24, 2.45) is 5.73 Å². The lowest BCUT2D eigenvalue weighted by Gasteiger charge is -2.21. The van der Waals surface area contributed by atoms with E-state index in [0.29, 0.717) is 0 Å². The van der Waals surface area contributed by atoms with Gasteiger partial charge in [-0.25, -0.2) is 0 Å². The maximum absolute atomic E-state index is 5.76. The molecule has 0 saturated carbocycles. The number of rotatable bonds is 18. The van der Waals surface area contributed by atoms with Gasteiger partial charge in [0.1, 0.15) is 0 Å². The zero-order valence-electron chi connectivity index (χ0n) is 15.8. The van der Waals surface area contributed by atoms with E-state index in [9.17, 15) is 0 Å². The molecule has 0 spiro atoms. The maximum Gasteiger partial charge on any atom is 0.0105 e. The lowest BCUT2D eigenvalue weighted by Crippen LogP contribution is -2.31. The van der Waals surface area contributed by atoms with Crippen LogP contribution < -0.4 is 5.73 Å². The lowest BCUT2D eigenvalue weighted by atomic mass is 10.1. The van der Waals surface area contributed by atoms with E-state index < -0.39 is 0 Å². The van der Waals surface area contributed by atoms with Crippen LogP contribution in [-0.4, -0.2) is 31.1 Å². The highest BCUT2D eigenvalue weighted by Gasteiger charge is 2.03. The van der Waals surface area contributed by atoms with Gasteiger partial charge >= 0.3 is 0 Å². The third-order valence-corrected chi connectivity index (χ3v) is 4.60. The molecule has 0 aromatic heterocycles. The molecule has 2 N–H and O–H groups in total. The Morgan fingerprint density at radius 1 is 0.500 bits per heavy atom. The maximum atomic E-state index is 5.76. The molecule has 0 rings (SSSR count). The van der Waals surface area contributed by atoms with Gasteiger partial charge in [0, 0.05) is 13.1 Å². The molecule has 0 fully saturated rings. The van der Waals surface area contributed by atoms with Crippen LogP contribution >= 0.6 is 0 Å². The second-order valence-electron chi connectivity index (χ2n) is 6.87. The van der Waals surface area contributed by atoms with Crippen LogP contribution in [0.4, 0.5) is 0 Å². The van der Waals surface area contributed by atoms with E-state index in [1.165, 1.54) is 103 Å². The van der Waals surface area contributed by atoms with E-state index in [4.69, 9.17) is 5.73 Å². The molecule has 0 radical (unpaired) electrons. The summed E-state index contributed by atoms with van der Waals surface area (Å²) in [5.41, 5.74) is 5.76. The fourth-order valence-electron chi connectivity index (χ4n) is 3.10. The van der Waals surface area contributed by atoms with E-state index in [0.717, 1.165) is 13.1 Å². The summed E-state index contributed by atoms with van der Waals surface area (Å²) in [6.07, 6.45) is 19.6. The van der Waals surface area contributed by atoms with Crippen molar-refractivity contribution in [2.75, 3.05) is 26.2 Å². The molecular formula is C20H44N2. The summed E-state index contributed by atoms with van der Waals surface area (Å²) in [6, 6.07) is 0. The van der Waals surface area contributed by atoms with Crippen LogP contribution in [0.2, 0.25) is 0 Å². The van der Waals surface area contributed by atoms with Crippen LogP contribution in [0.3, 0.4) is 0 Å². The molecule has 2 heteroatoms. The molecule has 0 amide bonds. The summed E-state index contributed by atoms with van der Waals surface area (Å²) in [5, 5.41) is 0. The van der Waals surface area contributed by atoms with Gasteiger partial charge in [-0.05, 0) is 25.9 Å². The monoisotopic (exact) mass is 312 g/mol. The highest BCUT2D eigenvalue weighted by molar-refractivity contribution is 4.60. The van der Waals surface area contributed by atoms with Gasteiger partial charge in [0.15, 0.2) is 0 Å². The Bertz CT molecular complexity index is 176. The second-order valence-corrected chi connectivity index (χ2v) is 6.87. The number of hydrogen-bond donors (Lipinski definition) is 1. The first-order valence-electron chi connectivity index (χ1n) is 10.3. The van der Waals surface area contributed by atoms with E-state index in [1.807, 2.05) is 0 Å². The smallest absolute Gasteiger partial charge is 0.0105 e. The fraction of sp³-hybridized carbons (Fsp3) is 1.00. The van der Waals surface area contributed by atoms with Crippen molar-refractivity contribution in [1.82, 2.24) is 4.90 Å². The Kier molecular flexibility index (Phi) is 18.9. The molecule has 0 saturated heterocycles. The van der Waals surface area contributed by atoms with Gasteiger partial charge in [-0.15, -0.1) is 0 Å². The van der Waals surface area contributed by atoms with Crippen LogP contribution in [0.15, 0.2) is 0 Å². The van der Waals surface area contributed by atoms with Gasteiger partial charge in [0.25, 0.3) is 0 Å². The van der Waals surface area contributed by atoms with Crippen molar-refractivity contribution in [3.8, 4) is 0 Å². The minimum atomic E-state index is 0.812. The minimum absolute atomic E-state index is 0.812. The second kappa shape index (κ2) is 19.0. The van der Waals surface area contributed by atoms with Gasteiger partial charge < -0.3 is 10.6 Å². The fourth-order valence-corrected chi connectivity index (χ4v) is 3.10. The molecule has 0 unspecified atom stereocenters. The standard InChI is InChI=1S/C20H44N2/c1-3-5-7-9-11-13-15-18-22(20-17-21)19-16-14-12-10-8-6-4-2/h3-21H2,1-2H3. The van der Waals surface area contributed by atoms with E-state index in [2.05, 4.69) is 18.7 Å². The van der Waals surface area contributed by atoms with E-state index >= 15 is 0 Å². The predicted molar refractivity (Wildman–Crippen MR) is 101 cm³/mol. The van der Waals surface area contributed by atoms with Gasteiger partial charge in [0.05, 0.1) is 0 Å². The van der Waals surface area contributed by atoms with Gasteiger partial charge in [0.2, 0.25) is 0 Å². The van der Waals surface area contributed by atoms with Crippen molar-refractivity contribution in [3.05, 3.63) is 0 Å². The molecule has 22 heavy (non-hydrogen) atoms. The number of nitrogens with two attached hydrogens (primary N) is 1. The molecule has 0 aliphatic carbocycles. The molecule has 0 bridgehead atoms. The molecule has 2 nitrogen and oxygen atoms in total. The number of nitrogens with zero attached hydrogens (tertiary/aromatic N) is 1. The van der Waals surface area contributed by atoms with Crippen molar-refractivity contribution >= 4 is 0 Å². The molecular weight excluding hydrogens is 268 g/mol. The Hall–Kier alpha value is -0.0800. The van der Waals surface area contributed by atoms with Gasteiger partial charge in [-0.3, -0.25) is 0 Å². The van der Waals surface area contributed by atoms with Crippen LogP contribution in [0.5, 0.6) is 0 Å². The Labute approximate surface area is 141 Å². The average molecular weight is 313 g/mol. The summed E-state index contributed by atoms with van der Waals surface area (Å²) in [5.74, 6) is 0. The zero-order valence-corrected chi connectivity index (χ0v) is 15.8. The highest BCUT2D eigenvalue weighted by Crippen LogP contribution is 2.10. The molecule has 0 aliphatic rings. The third-order valence-electron chi connectivity index (χ3n) is 4.60. The van der Waals surface area contributed by atoms with Crippen LogP contribution in [0, 0.1) is 0 Å². The summed E-state index contributed by atoms with van der Waals surface area (Å²) in [4.78, 5) is 2.60. The summed E-state index contributed by atoms with van der Waals surface area (Å²) < 4.78 is 0. The van der Waals surface area contributed by atoms with Gasteiger partial charge in [-0.2, -0.15) is 0 Å². The van der Waals surface area contributed by atoms with Crippen molar-refractivity contribution in [3.63, 3.8) is 0 Å². The van der Waals surface area contributed by atoms with Gasteiger partial charge in [-0.1, -0.05) is 90.9 Å². The predicted octanol–water partition coefficient (Wildman–Crippen LogP) is 5.75. The largest absolute Gasteiger partial charge is 0.329 e. The molecule has 0 heterocycles. The summed E-state index contributed by atoms with van der Waals surface area (Å²) >= 11 is 0. The first kappa shape index (κ1) is 21.9. The zero-order chi connectivity index (χ0) is 16.3. The first-order chi connectivity index (χ1) is 10.8. The highest BCUT2D eigenvalue weighted by atomic mass is 15.1.